The van der Waals surface area contributed by atoms with E-state index in [1.807, 2.05) is 13.8 Å². The lowest BCUT2D eigenvalue weighted by atomic mass is 9.77. The van der Waals surface area contributed by atoms with Crippen LogP contribution in [0.2, 0.25) is 0 Å². The van der Waals surface area contributed by atoms with Gasteiger partial charge in [-0.2, -0.15) is 0 Å². The molecular formula is C11H24BNO2. The Morgan fingerprint density at radius 3 is 2.67 bits per heavy atom. The minimum atomic E-state index is -0.171. The van der Waals surface area contributed by atoms with Crippen molar-refractivity contribution in [2.75, 3.05) is 6.44 Å². The van der Waals surface area contributed by atoms with E-state index in [2.05, 4.69) is 13.8 Å². The van der Waals surface area contributed by atoms with Crippen LogP contribution in [0.15, 0.2) is 0 Å². The molecule has 0 aromatic rings. The Morgan fingerprint density at radius 2 is 2.13 bits per heavy atom. The quantitative estimate of drug-likeness (QED) is 0.677. The fourth-order valence-corrected chi connectivity index (χ4v) is 2.67. The van der Waals surface area contributed by atoms with Crippen molar-refractivity contribution < 1.29 is 9.31 Å². The third kappa shape index (κ3) is 2.55. The van der Waals surface area contributed by atoms with Gasteiger partial charge in [-0.15, -0.1) is 0 Å². The summed E-state index contributed by atoms with van der Waals surface area (Å²) in [4.78, 5) is 0. The first kappa shape index (κ1) is 13.0. The first-order valence-electron chi connectivity index (χ1n) is 6.19. The lowest BCUT2D eigenvalue weighted by Gasteiger charge is -2.38. The van der Waals surface area contributed by atoms with E-state index in [0.717, 1.165) is 6.42 Å². The van der Waals surface area contributed by atoms with Gasteiger partial charge < -0.3 is 15.0 Å². The van der Waals surface area contributed by atoms with Crippen LogP contribution in [0.3, 0.4) is 0 Å². The summed E-state index contributed by atoms with van der Waals surface area (Å²) >= 11 is 0. The van der Waals surface area contributed by atoms with Gasteiger partial charge in [0.05, 0.1) is 11.7 Å². The molecule has 88 valence electrons. The van der Waals surface area contributed by atoms with E-state index >= 15 is 0 Å². The Hall–Kier alpha value is -0.0551. The molecule has 3 atom stereocenters. The number of fused-ring (bicyclic) bond motifs is 1. The maximum Gasteiger partial charge on any atom is 0.472 e. The van der Waals surface area contributed by atoms with Gasteiger partial charge in [-0.1, -0.05) is 27.2 Å². The second-order valence-electron chi connectivity index (χ2n) is 4.52. The molecule has 0 radical (unpaired) electrons. The molecule has 15 heavy (non-hydrogen) atoms. The summed E-state index contributed by atoms with van der Waals surface area (Å²) < 4.78 is 11.6. The number of nitrogens with two attached hydrogens (primary N) is 1. The van der Waals surface area contributed by atoms with Crippen molar-refractivity contribution in [3.8, 4) is 0 Å². The minimum absolute atomic E-state index is 0.0678. The molecule has 1 saturated carbocycles. The summed E-state index contributed by atoms with van der Waals surface area (Å²) in [6.45, 7) is 8.40. The monoisotopic (exact) mass is 213 g/mol. The summed E-state index contributed by atoms with van der Waals surface area (Å²) in [5.41, 5.74) is 5.47. The lowest BCUT2D eigenvalue weighted by molar-refractivity contribution is -0.0125. The van der Waals surface area contributed by atoms with Crippen LogP contribution >= 0.6 is 0 Å². The molecule has 0 spiro atoms. The van der Waals surface area contributed by atoms with Gasteiger partial charge in [0.25, 0.3) is 0 Å². The molecule has 1 heterocycles. The highest BCUT2D eigenvalue weighted by atomic mass is 16.7. The predicted molar refractivity (Wildman–Crippen MR) is 63.5 cm³/mol. The molecule has 2 unspecified atom stereocenters. The summed E-state index contributed by atoms with van der Waals surface area (Å²) in [7, 11) is -0.171. The molecule has 2 aliphatic rings. The highest BCUT2D eigenvalue weighted by Crippen LogP contribution is 2.41. The van der Waals surface area contributed by atoms with Crippen LogP contribution in [0.1, 0.15) is 47.0 Å². The molecule has 4 heteroatoms. The molecular weight excluding hydrogens is 189 g/mol. The van der Waals surface area contributed by atoms with Crippen LogP contribution < -0.4 is 5.73 Å². The van der Waals surface area contributed by atoms with E-state index in [1.165, 1.54) is 12.8 Å². The van der Waals surface area contributed by atoms with Gasteiger partial charge >= 0.3 is 7.12 Å². The Morgan fingerprint density at radius 1 is 1.47 bits per heavy atom. The van der Waals surface area contributed by atoms with Crippen molar-refractivity contribution >= 4 is 7.12 Å². The Kier molecular flexibility index (Phi) is 4.62. The van der Waals surface area contributed by atoms with Crippen molar-refractivity contribution in [3.63, 3.8) is 0 Å². The smallest absolute Gasteiger partial charge is 0.404 e. The first-order valence-corrected chi connectivity index (χ1v) is 6.19. The van der Waals surface area contributed by atoms with Crippen LogP contribution in [0.4, 0.5) is 0 Å². The number of hydrogen-bond donors (Lipinski definition) is 1. The maximum absolute atomic E-state index is 5.83. The van der Waals surface area contributed by atoms with Crippen molar-refractivity contribution in [1.29, 1.82) is 0 Å². The van der Waals surface area contributed by atoms with Crippen molar-refractivity contribution in [2.24, 2.45) is 11.7 Å². The number of hydrogen-bond acceptors (Lipinski definition) is 3. The van der Waals surface area contributed by atoms with Crippen LogP contribution in [0.5, 0.6) is 0 Å². The van der Waals surface area contributed by atoms with Crippen molar-refractivity contribution in [1.82, 2.24) is 0 Å². The second-order valence-corrected chi connectivity index (χ2v) is 4.52. The van der Waals surface area contributed by atoms with E-state index in [-0.39, 0.29) is 18.8 Å². The van der Waals surface area contributed by atoms with Gasteiger partial charge in [-0.3, -0.25) is 0 Å². The van der Waals surface area contributed by atoms with Gasteiger partial charge in [0.15, 0.2) is 0 Å². The molecule has 1 aliphatic carbocycles. The Balaban J connectivity index is 0.000000531. The Labute approximate surface area is 93.8 Å². The maximum atomic E-state index is 5.83. The average molecular weight is 213 g/mol. The zero-order chi connectivity index (χ0) is 11.5. The van der Waals surface area contributed by atoms with Crippen LogP contribution in [0, 0.1) is 5.92 Å². The zero-order valence-corrected chi connectivity index (χ0v) is 10.5. The predicted octanol–water partition coefficient (Wildman–Crippen LogP) is 1.99. The van der Waals surface area contributed by atoms with E-state index in [1.54, 1.807) is 0 Å². The molecule has 0 aromatic heterocycles. The largest absolute Gasteiger partial charge is 0.472 e. The minimum Gasteiger partial charge on any atom is -0.404 e. The molecule has 2 fully saturated rings. The SMILES string of the molecule is CC.CC1CCC[C@]2(C)OB(CN)OC12. The van der Waals surface area contributed by atoms with Crippen molar-refractivity contribution in [2.45, 2.75) is 58.7 Å². The number of rotatable bonds is 1. The molecule has 1 saturated heterocycles. The van der Waals surface area contributed by atoms with E-state index in [4.69, 9.17) is 15.0 Å². The fraction of sp³-hybridized carbons (Fsp3) is 1.00. The van der Waals surface area contributed by atoms with Crippen molar-refractivity contribution in [3.05, 3.63) is 0 Å². The van der Waals surface area contributed by atoms with Gasteiger partial charge in [0.1, 0.15) is 0 Å². The zero-order valence-electron chi connectivity index (χ0n) is 10.5. The molecule has 0 bridgehead atoms. The van der Waals surface area contributed by atoms with Gasteiger partial charge in [-0.25, -0.2) is 0 Å². The van der Waals surface area contributed by atoms with Crippen LogP contribution in [-0.2, 0) is 9.31 Å². The van der Waals surface area contributed by atoms with E-state index in [0.29, 0.717) is 12.4 Å². The standard InChI is InChI=1S/C9H18BNO2.C2H6/c1-7-4-3-5-9(2)8(7)12-10(6-11)13-9;1-2/h7-8H,3-6,11H2,1-2H3;1-2H3/t7?,8?,9-;/m0./s1. The van der Waals surface area contributed by atoms with Gasteiger partial charge in [0.2, 0.25) is 0 Å². The highest BCUT2D eigenvalue weighted by molar-refractivity contribution is 6.45. The van der Waals surface area contributed by atoms with E-state index in [9.17, 15) is 0 Å². The highest BCUT2D eigenvalue weighted by Gasteiger charge is 2.51. The third-order valence-corrected chi connectivity index (χ3v) is 3.34. The van der Waals surface area contributed by atoms with Crippen LogP contribution in [0.25, 0.3) is 0 Å². The summed E-state index contributed by atoms with van der Waals surface area (Å²) in [6, 6.07) is 0. The second kappa shape index (κ2) is 5.33. The van der Waals surface area contributed by atoms with E-state index < -0.39 is 0 Å². The van der Waals surface area contributed by atoms with Gasteiger partial charge in [-0.05, 0) is 25.7 Å². The first-order chi connectivity index (χ1) is 7.15. The average Bonchev–Trinajstić information content (AvgIpc) is 2.59. The molecule has 0 amide bonds. The lowest BCUT2D eigenvalue weighted by Crippen LogP contribution is -2.44. The topological polar surface area (TPSA) is 44.5 Å². The summed E-state index contributed by atoms with van der Waals surface area (Å²) in [6.07, 6.45) is 4.34. The molecule has 2 N–H and O–H groups in total. The molecule has 3 nitrogen and oxygen atoms in total. The summed E-state index contributed by atoms with van der Waals surface area (Å²) in [5.74, 6) is 0.607. The molecule has 0 aromatic carbocycles. The summed E-state index contributed by atoms with van der Waals surface area (Å²) in [5, 5.41) is 0. The van der Waals surface area contributed by atoms with Crippen LogP contribution in [-0.4, -0.2) is 25.3 Å². The van der Waals surface area contributed by atoms with Gasteiger partial charge in [0, 0.05) is 6.44 Å². The normalized spacial score (nSPS) is 39.4. The third-order valence-electron chi connectivity index (χ3n) is 3.34. The fourth-order valence-electron chi connectivity index (χ4n) is 2.67. The molecule has 2 rings (SSSR count). The Bertz CT molecular complexity index is 203. The molecule has 1 aliphatic heterocycles.